The average molecular weight is 356 g/mol. The number of hydrogen-bond acceptors (Lipinski definition) is 1. The number of benzene rings is 2. The number of rotatable bonds is 2. The van der Waals surface area contributed by atoms with Gasteiger partial charge in [0.15, 0.2) is 0 Å². The van der Waals surface area contributed by atoms with Crippen molar-refractivity contribution in [2.24, 2.45) is 5.92 Å². The molecular formula is C21H19ClFNO. The lowest BCUT2D eigenvalue weighted by Gasteiger charge is -2.44. The van der Waals surface area contributed by atoms with Crippen molar-refractivity contribution in [2.45, 2.75) is 31.7 Å². The topological polar surface area (TPSA) is 20.3 Å². The summed E-state index contributed by atoms with van der Waals surface area (Å²) < 4.78 is 13.4. The lowest BCUT2D eigenvalue weighted by molar-refractivity contribution is -0.119. The number of hydrogen-bond donors (Lipinski definition) is 0. The number of fused-ring (bicyclic) bond motifs is 3. The van der Waals surface area contributed by atoms with Gasteiger partial charge in [-0.05, 0) is 53.8 Å². The highest BCUT2D eigenvalue weighted by atomic mass is 35.5. The van der Waals surface area contributed by atoms with E-state index in [2.05, 4.69) is 12.2 Å². The quantitative estimate of drug-likeness (QED) is 0.638. The molecular weight excluding hydrogens is 337 g/mol. The summed E-state index contributed by atoms with van der Waals surface area (Å²) in [7, 11) is 0. The molecule has 0 radical (unpaired) electrons. The molecule has 0 N–H and O–H groups in total. The number of carbonyl (C=O) groups excluding carboxylic acids is 1. The molecule has 0 spiro atoms. The first-order chi connectivity index (χ1) is 12.1. The molecule has 1 aliphatic carbocycles. The normalized spacial score (nSPS) is 24.1. The van der Waals surface area contributed by atoms with Crippen LogP contribution in [0.25, 0.3) is 0 Å². The molecule has 2 nitrogen and oxygen atoms in total. The van der Waals surface area contributed by atoms with Crippen molar-refractivity contribution in [3.8, 4) is 0 Å². The van der Waals surface area contributed by atoms with E-state index in [1.54, 1.807) is 12.1 Å². The smallest absolute Gasteiger partial charge is 0.227 e. The van der Waals surface area contributed by atoms with Gasteiger partial charge in [-0.25, -0.2) is 4.39 Å². The summed E-state index contributed by atoms with van der Waals surface area (Å²) in [6, 6.07) is 12.2. The Balaban J connectivity index is 1.91. The van der Waals surface area contributed by atoms with Crippen LogP contribution in [-0.4, -0.2) is 5.91 Å². The third-order valence-corrected chi connectivity index (χ3v) is 5.52. The zero-order valence-electron chi connectivity index (χ0n) is 14.0. The molecule has 4 rings (SSSR count). The Labute approximate surface area is 151 Å². The van der Waals surface area contributed by atoms with E-state index in [1.165, 1.54) is 12.1 Å². The minimum Gasteiger partial charge on any atom is -0.304 e. The summed E-state index contributed by atoms with van der Waals surface area (Å²) in [6.07, 6.45) is 5.71. The maximum Gasteiger partial charge on any atom is 0.227 e. The molecule has 3 atom stereocenters. The first-order valence-electron chi connectivity index (χ1n) is 8.63. The Kier molecular flexibility index (Phi) is 4.12. The number of amides is 1. The molecule has 2 aliphatic rings. The van der Waals surface area contributed by atoms with E-state index in [4.69, 9.17) is 11.6 Å². The number of halogens is 2. The SMILES string of the molecule is CCC(=O)N1c2ccc(Cl)cc2C2C=CCC2C1c1ccc(F)cc1. The monoisotopic (exact) mass is 355 g/mol. The van der Waals surface area contributed by atoms with Gasteiger partial charge in [0, 0.05) is 23.0 Å². The number of allylic oxidation sites excluding steroid dienone is 2. The van der Waals surface area contributed by atoms with Crippen molar-refractivity contribution >= 4 is 23.2 Å². The fourth-order valence-electron chi connectivity index (χ4n) is 4.20. The third-order valence-electron chi connectivity index (χ3n) is 5.29. The van der Waals surface area contributed by atoms with Crippen LogP contribution in [0.15, 0.2) is 54.6 Å². The van der Waals surface area contributed by atoms with Crippen molar-refractivity contribution in [3.63, 3.8) is 0 Å². The second kappa shape index (κ2) is 6.30. The maximum absolute atomic E-state index is 13.4. The van der Waals surface area contributed by atoms with Gasteiger partial charge in [0.1, 0.15) is 5.82 Å². The van der Waals surface area contributed by atoms with E-state index in [0.29, 0.717) is 11.4 Å². The van der Waals surface area contributed by atoms with E-state index < -0.39 is 0 Å². The zero-order valence-corrected chi connectivity index (χ0v) is 14.7. The van der Waals surface area contributed by atoms with Gasteiger partial charge < -0.3 is 4.90 Å². The molecule has 1 amide bonds. The number of carbonyl (C=O) groups is 1. The van der Waals surface area contributed by atoms with Crippen molar-refractivity contribution in [1.29, 1.82) is 0 Å². The van der Waals surface area contributed by atoms with Crippen LogP contribution >= 0.6 is 11.6 Å². The fraction of sp³-hybridized carbons (Fsp3) is 0.286. The van der Waals surface area contributed by atoms with Gasteiger partial charge >= 0.3 is 0 Å². The Morgan fingerprint density at radius 1 is 1.24 bits per heavy atom. The highest BCUT2D eigenvalue weighted by molar-refractivity contribution is 6.30. The van der Waals surface area contributed by atoms with Crippen LogP contribution in [0.1, 0.15) is 42.9 Å². The lowest BCUT2D eigenvalue weighted by atomic mass is 9.75. The lowest BCUT2D eigenvalue weighted by Crippen LogP contribution is -2.43. The Morgan fingerprint density at radius 3 is 2.72 bits per heavy atom. The van der Waals surface area contributed by atoms with Crippen molar-refractivity contribution in [2.75, 3.05) is 4.90 Å². The summed E-state index contributed by atoms with van der Waals surface area (Å²) in [4.78, 5) is 14.7. The van der Waals surface area contributed by atoms with E-state index >= 15 is 0 Å². The Morgan fingerprint density at radius 2 is 2.00 bits per heavy atom. The van der Waals surface area contributed by atoms with Crippen LogP contribution in [0.2, 0.25) is 5.02 Å². The molecule has 0 aromatic heterocycles. The van der Waals surface area contributed by atoms with Gasteiger partial charge in [0.05, 0.1) is 6.04 Å². The summed E-state index contributed by atoms with van der Waals surface area (Å²) in [6.45, 7) is 1.87. The molecule has 1 heterocycles. The average Bonchev–Trinajstić information content (AvgIpc) is 3.10. The summed E-state index contributed by atoms with van der Waals surface area (Å²) >= 11 is 6.23. The number of nitrogens with zero attached hydrogens (tertiary/aromatic N) is 1. The van der Waals surface area contributed by atoms with Gasteiger partial charge in [-0.2, -0.15) is 0 Å². The molecule has 0 fully saturated rings. The van der Waals surface area contributed by atoms with E-state index in [9.17, 15) is 9.18 Å². The van der Waals surface area contributed by atoms with E-state index in [0.717, 1.165) is 23.2 Å². The second-order valence-electron chi connectivity index (χ2n) is 6.67. The van der Waals surface area contributed by atoms with Crippen molar-refractivity contribution in [3.05, 3.63) is 76.6 Å². The van der Waals surface area contributed by atoms with Crippen molar-refractivity contribution in [1.82, 2.24) is 0 Å². The van der Waals surface area contributed by atoms with E-state index in [-0.39, 0.29) is 29.6 Å². The third kappa shape index (κ3) is 2.67. The highest BCUT2D eigenvalue weighted by Crippen LogP contribution is 2.53. The van der Waals surface area contributed by atoms with Crippen LogP contribution < -0.4 is 4.90 Å². The van der Waals surface area contributed by atoms with Crippen molar-refractivity contribution < 1.29 is 9.18 Å². The molecule has 3 unspecified atom stereocenters. The first-order valence-corrected chi connectivity index (χ1v) is 9.01. The predicted molar refractivity (Wildman–Crippen MR) is 98.4 cm³/mol. The predicted octanol–water partition coefficient (Wildman–Crippen LogP) is 5.64. The van der Waals surface area contributed by atoms with Gasteiger partial charge in [-0.1, -0.05) is 42.8 Å². The molecule has 0 bridgehead atoms. The largest absolute Gasteiger partial charge is 0.304 e. The molecule has 0 saturated carbocycles. The highest BCUT2D eigenvalue weighted by Gasteiger charge is 2.44. The molecule has 25 heavy (non-hydrogen) atoms. The van der Waals surface area contributed by atoms with Gasteiger partial charge in [0.25, 0.3) is 0 Å². The van der Waals surface area contributed by atoms with Crippen LogP contribution in [0, 0.1) is 11.7 Å². The minimum absolute atomic E-state index is 0.0725. The second-order valence-corrected chi connectivity index (χ2v) is 7.11. The first kappa shape index (κ1) is 16.3. The summed E-state index contributed by atoms with van der Waals surface area (Å²) in [5.74, 6) is 0.279. The fourth-order valence-corrected chi connectivity index (χ4v) is 4.38. The van der Waals surface area contributed by atoms with Gasteiger partial charge in [-0.15, -0.1) is 0 Å². The summed E-state index contributed by atoms with van der Waals surface area (Å²) in [5, 5.41) is 0.682. The van der Waals surface area contributed by atoms with Crippen LogP contribution in [-0.2, 0) is 4.79 Å². The van der Waals surface area contributed by atoms with Crippen LogP contribution in [0.5, 0.6) is 0 Å². The molecule has 1 aliphatic heterocycles. The molecule has 128 valence electrons. The van der Waals surface area contributed by atoms with Gasteiger partial charge in [0.2, 0.25) is 5.91 Å². The zero-order chi connectivity index (χ0) is 17.6. The molecule has 0 saturated heterocycles. The summed E-state index contributed by atoms with van der Waals surface area (Å²) in [5.41, 5.74) is 2.99. The molecule has 2 aromatic rings. The van der Waals surface area contributed by atoms with Gasteiger partial charge in [-0.3, -0.25) is 4.79 Å². The molecule has 4 heteroatoms. The maximum atomic E-state index is 13.4. The van der Waals surface area contributed by atoms with E-state index in [1.807, 2.05) is 30.0 Å². The minimum atomic E-state index is -0.263. The standard InChI is InChI=1S/C21H19ClFNO/c1-2-20(25)24-19-11-8-14(22)12-18(19)16-4-3-5-17(16)21(24)13-6-9-15(23)10-7-13/h3-4,6-12,16-17,21H,2,5H2,1H3. The Bertz CT molecular complexity index is 845. The van der Waals surface area contributed by atoms with Crippen LogP contribution in [0.4, 0.5) is 10.1 Å². The molecule has 2 aromatic carbocycles. The van der Waals surface area contributed by atoms with Crippen LogP contribution in [0.3, 0.4) is 0 Å². The number of anilines is 1. The Hall–Kier alpha value is -2.13.